The van der Waals surface area contributed by atoms with Crippen LogP contribution in [0.5, 0.6) is 0 Å². The molecular weight excluding hydrogens is 230 g/mol. The summed E-state index contributed by atoms with van der Waals surface area (Å²) in [6, 6.07) is -0.0554. The van der Waals surface area contributed by atoms with Gasteiger partial charge in [0.25, 0.3) is 0 Å². The number of hydrogen-bond acceptors (Lipinski definition) is 3. The molecule has 2 heterocycles. The lowest BCUT2D eigenvalue weighted by molar-refractivity contribution is 0.186. The minimum Gasteiger partial charge on any atom is -0.326 e. The van der Waals surface area contributed by atoms with Crippen LogP contribution in [0.1, 0.15) is 25.3 Å². The summed E-state index contributed by atoms with van der Waals surface area (Å²) in [6.45, 7) is 4.25. The molecule has 0 bridgehead atoms. The maximum absolute atomic E-state index is 12.1. The highest BCUT2D eigenvalue weighted by Crippen LogP contribution is 2.18. The fourth-order valence-electron chi connectivity index (χ4n) is 2.19. The van der Waals surface area contributed by atoms with Crippen LogP contribution in [0.2, 0.25) is 0 Å². The summed E-state index contributed by atoms with van der Waals surface area (Å²) in [5, 5.41) is 7.00. The Morgan fingerprint density at radius 3 is 2.83 bits per heavy atom. The van der Waals surface area contributed by atoms with Crippen molar-refractivity contribution in [2.45, 2.75) is 26.3 Å². The van der Waals surface area contributed by atoms with Gasteiger partial charge in [-0.15, -0.1) is 0 Å². The van der Waals surface area contributed by atoms with Crippen molar-refractivity contribution in [1.29, 1.82) is 0 Å². The Bertz CT molecular complexity index is 420. The molecule has 0 saturated carbocycles. The van der Waals surface area contributed by atoms with Gasteiger partial charge in [-0.2, -0.15) is 5.10 Å². The van der Waals surface area contributed by atoms with Crippen molar-refractivity contribution in [1.82, 2.24) is 14.7 Å². The van der Waals surface area contributed by atoms with E-state index in [9.17, 15) is 4.79 Å². The second kappa shape index (κ2) is 5.39. The van der Waals surface area contributed by atoms with E-state index in [0.717, 1.165) is 31.5 Å². The molecule has 0 unspecified atom stereocenters. The van der Waals surface area contributed by atoms with E-state index in [0.29, 0.717) is 18.3 Å². The summed E-state index contributed by atoms with van der Waals surface area (Å²) in [5.41, 5.74) is 6.48. The molecule has 2 amide bonds. The van der Waals surface area contributed by atoms with Gasteiger partial charge < -0.3 is 10.6 Å². The molecule has 1 aliphatic rings. The quantitative estimate of drug-likeness (QED) is 0.827. The summed E-state index contributed by atoms with van der Waals surface area (Å²) < 4.78 is 1.65. The Morgan fingerprint density at radius 2 is 2.22 bits per heavy atom. The van der Waals surface area contributed by atoms with Gasteiger partial charge >= 0.3 is 6.03 Å². The maximum Gasteiger partial charge on any atom is 0.323 e. The average Bonchev–Trinajstić information content (AvgIpc) is 2.71. The lowest BCUT2D eigenvalue weighted by Gasteiger charge is -2.30. The topological polar surface area (TPSA) is 76.2 Å². The van der Waals surface area contributed by atoms with Crippen LogP contribution in [0.4, 0.5) is 10.6 Å². The molecule has 1 aromatic rings. The van der Waals surface area contributed by atoms with Gasteiger partial charge in [0.15, 0.2) is 0 Å². The van der Waals surface area contributed by atoms with Gasteiger partial charge in [-0.1, -0.05) is 6.92 Å². The second-order valence-corrected chi connectivity index (χ2v) is 4.95. The van der Waals surface area contributed by atoms with Gasteiger partial charge in [0, 0.05) is 32.2 Å². The first-order valence-corrected chi connectivity index (χ1v) is 6.38. The first kappa shape index (κ1) is 12.9. The molecule has 1 saturated heterocycles. The van der Waals surface area contributed by atoms with Crippen LogP contribution in [0.25, 0.3) is 0 Å². The lowest BCUT2D eigenvalue weighted by Crippen LogP contribution is -2.41. The van der Waals surface area contributed by atoms with E-state index in [1.807, 2.05) is 4.90 Å². The molecule has 18 heavy (non-hydrogen) atoms. The third-order valence-corrected chi connectivity index (χ3v) is 3.53. The Morgan fingerprint density at radius 1 is 1.56 bits per heavy atom. The number of nitrogens with zero attached hydrogens (tertiary/aromatic N) is 3. The summed E-state index contributed by atoms with van der Waals surface area (Å²) >= 11 is 0. The fraction of sp³-hybridized carbons (Fsp3) is 0.667. The molecule has 0 aromatic carbocycles. The molecule has 1 fully saturated rings. The number of nitrogens with two attached hydrogens (primary N) is 1. The highest BCUT2D eigenvalue weighted by Gasteiger charge is 2.21. The predicted molar refractivity (Wildman–Crippen MR) is 70.1 cm³/mol. The molecule has 100 valence electrons. The fourth-order valence-corrected chi connectivity index (χ4v) is 2.19. The number of likely N-dealkylation sites (tertiary alicyclic amines) is 1. The molecule has 6 heteroatoms. The number of hydrogen-bond donors (Lipinski definition) is 2. The van der Waals surface area contributed by atoms with Gasteiger partial charge in [-0.25, -0.2) is 4.79 Å². The minimum absolute atomic E-state index is 0.0554. The number of piperidine rings is 1. The number of anilines is 1. The maximum atomic E-state index is 12.1. The monoisotopic (exact) mass is 251 g/mol. The van der Waals surface area contributed by atoms with E-state index in [-0.39, 0.29) is 6.03 Å². The van der Waals surface area contributed by atoms with Crippen molar-refractivity contribution in [3.05, 3.63) is 11.8 Å². The number of carbonyl (C=O) groups excluding carboxylic acids is 1. The van der Waals surface area contributed by atoms with Gasteiger partial charge in [-0.3, -0.25) is 10.00 Å². The van der Waals surface area contributed by atoms with E-state index >= 15 is 0 Å². The van der Waals surface area contributed by atoms with Crippen LogP contribution in [-0.2, 0) is 13.6 Å². The number of carbonyl (C=O) groups is 1. The zero-order valence-corrected chi connectivity index (χ0v) is 11.0. The molecule has 1 aliphatic heterocycles. The summed E-state index contributed by atoms with van der Waals surface area (Å²) in [5.74, 6) is 1.41. The summed E-state index contributed by atoms with van der Waals surface area (Å²) in [4.78, 5) is 14.0. The average molecular weight is 251 g/mol. The number of amides is 2. The lowest BCUT2D eigenvalue weighted by atomic mass is 10.00. The van der Waals surface area contributed by atoms with Gasteiger partial charge in [0.1, 0.15) is 5.82 Å². The standard InChI is InChI=1S/C12H21N5O/c1-9-3-5-17(6-4-9)12(18)15-11-10(7-13)8-14-16(11)2/h8-9H,3-7,13H2,1-2H3,(H,15,18). The molecule has 0 aliphatic carbocycles. The van der Waals surface area contributed by atoms with Crippen molar-refractivity contribution in [2.75, 3.05) is 18.4 Å². The number of nitrogens with one attached hydrogen (secondary N) is 1. The predicted octanol–water partition coefficient (Wildman–Crippen LogP) is 1.14. The van der Waals surface area contributed by atoms with E-state index in [4.69, 9.17) is 5.73 Å². The molecule has 0 atom stereocenters. The zero-order chi connectivity index (χ0) is 13.1. The molecular formula is C12H21N5O. The number of aryl methyl sites for hydroxylation is 1. The highest BCUT2D eigenvalue weighted by molar-refractivity contribution is 5.89. The molecule has 3 N–H and O–H groups in total. The van der Waals surface area contributed by atoms with E-state index < -0.39 is 0 Å². The number of urea groups is 1. The molecule has 1 aromatic heterocycles. The van der Waals surface area contributed by atoms with Crippen LogP contribution >= 0.6 is 0 Å². The van der Waals surface area contributed by atoms with Crippen molar-refractivity contribution in [3.8, 4) is 0 Å². The van der Waals surface area contributed by atoms with Crippen molar-refractivity contribution in [2.24, 2.45) is 18.7 Å². The highest BCUT2D eigenvalue weighted by atomic mass is 16.2. The normalized spacial score (nSPS) is 16.9. The molecule has 2 rings (SSSR count). The second-order valence-electron chi connectivity index (χ2n) is 4.95. The van der Waals surface area contributed by atoms with Crippen LogP contribution in [0.15, 0.2) is 6.20 Å². The van der Waals surface area contributed by atoms with Crippen LogP contribution in [0.3, 0.4) is 0 Å². The van der Waals surface area contributed by atoms with Crippen LogP contribution in [-0.4, -0.2) is 33.8 Å². The van der Waals surface area contributed by atoms with E-state index in [1.165, 1.54) is 0 Å². The van der Waals surface area contributed by atoms with Crippen LogP contribution in [0, 0.1) is 5.92 Å². The molecule has 0 spiro atoms. The van der Waals surface area contributed by atoms with Crippen LogP contribution < -0.4 is 11.1 Å². The van der Waals surface area contributed by atoms with Gasteiger partial charge in [0.2, 0.25) is 0 Å². The first-order valence-electron chi connectivity index (χ1n) is 6.38. The summed E-state index contributed by atoms with van der Waals surface area (Å²) in [6.07, 6.45) is 3.83. The minimum atomic E-state index is -0.0554. The Kier molecular flexibility index (Phi) is 3.86. The third-order valence-electron chi connectivity index (χ3n) is 3.53. The number of rotatable bonds is 2. The summed E-state index contributed by atoms with van der Waals surface area (Å²) in [7, 11) is 1.80. The molecule has 6 nitrogen and oxygen atoms in total. The van der Waals surface area contributed by atoms with Crippen molar-refractivity contribution < 1.29 is 4.79 Å². The van der Waals surface area contributed by atoms with Crippen molar-refractivity contribution >= 4 is 11.8 Å². The van der Waals surface area contributed by atoms with E-state index in [1.54, 1.807) is 17.9 Å². The molecule has 0 radical (unpaired) electrons. The SMILES string of the molecule is CC1CCN(C(=O)Nc2c(CN)cnn2C)CC1. The largest absolute Gasteiger partial charge is 0.326 e. The smallest absolute Gasteiger partial charge is 0.323 e. The van der Waals surface area contributed by atoms with Gasteiger partial charge in [-0.05, 0) is 18.8 Å². The first-order chi connectivity index (χ1) is 8.61. The Balaban J connectivity index is 2.00. The number of aromatic nitrogens is 2. The Labute approximate surface area is 107 Å². The third kappa shape index (κ3) is 2.64. The zero-order valence-electron chi connectivity index (χ0n) is 11.0. The van der Waals surface area contributed by atoms with Crippen molar-refractivity contribution in [3.63, 3.8) is 0 Å². The van der Waals surface area contributed by atoms with Gasteiger partial charge in [0.05, 0.1) is 6.20 Å². The van der Waals surface area contributed by atoms with E-state index in [2.05, 4.69) is 17.3 Å². The Hall–Kier alpha value is -1.56.